The van der Waals surface area contributed by atoms with Crippen LogP contribution in [0.25, 0.3) is 0 Å². The standard InChI is InChI=1S/C13H20N4O4/c1-20-8-3-15-12(18)11(9-14)10-16-4-6-17(7-5-16)13(19)21-2/h10H,3-8H2,1-2H3,(H,15,18)/b11-10-. The van der Waals surface area contributed by atoms with Crippen LogP contribution >= 0.6 is 0 Å². The fourth-order valence-corrected chi connectivity index (χ4v) is 1.85. The summed E-state index contributed by atoms with van der Waals surface area (Å²) in [5.41, 5.74) is 0.0395. The molecule has 0 aliphatic carbocycles. The molecule has 0 aromatic carbocycles. The summed E-state index contributed by atoms with van der Waals surface area (Å²) in [5, 5.41) is 11.6. The number of nitrogens with zero attached hydrogens (tertiary/aromatic N) is 3. The number of piperazine rings is 1. The molecule has 0 aromatic rings. The molecule has 0 radical (unpaired) electrons. The number of nitriles is 1. The van der Waals surface area contributed by atoms with E-state index in [2.05, 4.69) is 10.1 Å². The first-order valence-corrected chi connectivity index (χ1v) is 6.58. The zero-order chi connectivity index (χ0) is 15.7. The summed E-state index contributed by atoms with van der Waals surface area (Å²) >= 11 is 0. The third-order valence-electron chi connectivity index (χ3n) is 3.02. The Kier molecular flexibility index (Phi) is 7.04. The summed E-state index contributed by atoms with van der Waals surface area (Å²) < 4.78 is 9.47. The first-order valence-electron chi connectivity index (χ1n) is 6.58. The van der Waals surface area contributed by atoms with Gasteiger partial charge >= 0.3 is 6.09 Å². The first-order chi connectivity index (χ1) is 10.1. The fourth-order valence-electron chi connectivity index (χ4n) is 1.85. The topological polar surface area (TPSA) is 94.9 Å². The van der Waals surface area contributed by atoms with E-state index < -0.39 is 5.91 Å². The van der Waals surface area contributed by atoms with Gasteiger partial charge in [0, 0.05) is 46.0 Å². The summed E-state index contributed by atoms with van der Waals surface area (Å²) in [4.78, 5) is 26.5. The molecule has 0 spiro atoms. The van der Waals surface area contributed by atoms with Crippen LogP contribution < -0.4 is 5.32 Å². The molecule has 21 heavy (non-hydrogen) atoms. The highest BCUT2D eigenvalue weighted by molar-refractivity contribution is 5.97. The van der Waals surface area contributed by atoms with Crippen LogP contribution in [0.2, 0.25) is 0 Å². The lowest BCUT2D eigenvalue weighted by Crippen LogP contribution is -2.47. The molecule has 116 valence electrons. The van der Waals surface area contributed by atoms with Crippen molar-refractivity contribution in [2.45, 2.75) is 0 Å². The van der Waals surface area contributed by atoms with Crippen LogP contribution in [-0.4, -0.2) is 75.4 Å². The maximum absolute atomic E-state index is 11.8. The number of carbonyl (C=O) groups excluding carboxylic acids is 2. The number of nitrogens with one attached hydrogen (secondary N) is 1. The Hall–Kier alpha value is -2.27. The summed E-state index contributed by atoms with van der Waals surface area (Å²) in [5.74, 6) is -0.426. The van der Waals surface area contributed by atoms with Gasteiger partial charge in [-0.1, -0.05) is 0 Å². The molecule has 1 aliphatic rings. The molecule has 1 heterocycles. The molecule has 0 atom stereocenters. The highest BCUT2D eigenvalue weighted by Crippen LogP contribution is 2.06. The van der Waals surface area contributed by atoms with Crippen molar-refractivity contribution in [1.29, 1.82) is 5.26 Å². The second kappa shape index (κ2) is 8.81. The van der Waals surface area contributed by atoms with Gasteiger partial charge < -0.3 is 24.6 Å². The van der Waals surface area contributed by atoms with Gasteiger partial charge in [0.25, 0.3) is 5.91 Å². The van der Waals surface area contributed by atoms with Crippen LogP contribution in [0, 0.1) is 11.3 Å². The number of hydrogen-bond donors (Lipinski definition) is 1. The Balaban J connectivity index is 2.51. The van der Waals surface area contributed by atoms with Crippen molar-refractivity contribution in [3.8, 4) is 6.07 Å². The van der Waals surface area contributed by atoms with Crippen molar-refractivity contribution in [2.24, 2.45) is 0 Å². The zero-order valence-corrected chi connectivity index (χ0v) is 12.3. The lowest BCUT2D eigenvalue weighted by Gasteiger charge is -2.33. The number of rotatable bonds is 5. The molecule has 0 bridgehead atoms. The molecule has 1 saturated heterocycles. The lowest BCUT2D eigenvalue weighted by molar-refractivity contribution is -0.117. The van der Waals surface area contributed by atoms with E-state index in [-0.39, 0.29) is 11.7 Å². The van der Waals surface area contributed by atoms with Crippen LogP contribution in [-0.2, 0) is 14.3 Å². The number of amides is 2. The molecular weight excluding hydrogens is 276 g/mol. The van der Waals surface area contributed by atoms with Gasteiger partial charge in [0.2, 0.25) is 0 Å². The van der Waals surface area contributed by atoms with Crippen LogP contribution in [0.3, 0.4) is 0 Å². The Morgan fingerprint density at radius 2 is 1.95 bits per heavy atom. The molecule has 1 aliphatic heterocycles. The first kappa shape index (κ1) is 16.8. The molecule has 2 amide bonds. The lowest BCUT2D eigenvalue weighted by atomic mass is 10.2. The minimum atomic E-state index is -0.426. The highest BCUT2D eigenvalue weighted by atomic mass is 16.5. The number of ether oxygens (including phenoxy) is 2. The fraction of sp³-hybridized carbons (Fsp3) is 0.615. The van der Waals surface area contributed by atoms with Crippen LogP contribution in [0.1, 0.15) is 0 Å². The Morgan fingerprint density at radius 3 is 2.48 bits per heavy atom. The third kappa shape index (κ3) is 5.31. The molecule has 8 heteroatoms. The molecule has 1 rings (SSSR count). The minimum Gasteiger partial charge on any atom is -0.453 e. The van der Waals surface area contributed by atoms with Crippen molar-refractivity contribution in [2.75, 3.05) is 53.6 Å². The van der Waals surface area contributed by atoms with Crippen molar-refractivity contribution in [3.63, 3.8) is 0 Å². The van der Waals surface area contributed by atoms with Gasteiger partial charge in [0.1, 0.15) is 11.6 Å². The number of hydrogen-bond acceptors (Lipinski definition) is 6. The van der Waals surface area contributed by atoms with E-state index >= 15 is 0 Å². The monoisotopic (exact) mass is 296 g/mol. The Labute approximate surface area is 123 Å². The minimum absolute atomic E-state index is 0.0395. The second-order valence-corrected chi connectivity index (χ2v) is 4.40. The van der Waals surface area contributed by atoms with Gasteiger partial charge in [-0.05, 0) is 0 Å². The zero-order valence-electron chi connectivity index (χ0n) is 12.3. The smallest absolute Gasteiger partial charge is 0.409 e. The van der Waals surface area contributed by atoms with E-state index in [1.807, 2.05) is 11.0 Å². The van der Waals surface area contributed by atoms with Gasteiger partial charge in [0.15, 0.2) is 0 Å². The van der Waals surface area contributed by atoms with E-state index in [0.29, 0.717) is 39.3 Å². The van der Waals surface area contributed by atoms with E-state index in [1.165, 1.54) is 20.4 Å². The van der Waals surface area contributed by atoms with Crippen molar-refractivity contribution in [1.82, 2.24) is 15.1 Å². The molecular formula is C13H20N4O4. The molecule has 8 nitrogen and oxygen atoms in total. The maximum Gasteiger partial charge on any atom is 0.409 e. The van der Waals surface area contributed by atoms with E-state index in [1.54, 1.807) is 4.90 Å². The van der Waals surface area contributed by atoms with Gasteiger partial charge in [-0.3, -0.25) is 4.79 Å². The summed E-state index contributed by atoms with van der Waals surface area (Å²) in [6, 6.07) is 1.88. The van der Waals surface area contributed by atoms with Crippen molar-refractivity contribution >= 4 is 12.0 Å². The summed E-state index contributed by atoms with van der Waals surface area (Å²) in [6.07, 6.45) is 1.16. The summed E-state index contributed by atoms with van der Waals surface area (Å²) in [7, 11) is 2.88. The van der Waals surface area contributed by atoms with Gasteiger partial charge in [-0.2, -0.15) is 5.26 Å². The average molecular weight is 296 g/mol. The second-order valence-electron chi connectivity index (χ2n) is 4.40. The van der Waals surface area contributed by atoms with Crippen LogP contribution in [0.4, 0.5) is 4.79 Å². The predicted octanol–water partition coefficient (Wildman–Crippen LogP) is -0.460. The van der Waals surface area contributed by atoms with Crippen molar-refractivity contribution in [3.05, 3.63) is 11.8 Å². The quantitative estimate of drug-likeness (QED) is 0.419. The van der Waals surface area contributed by atoms with Gasteiger partial charge in [-0.15, -0.1) is 0 Å². The van der Waals surface area contributed by atoms with E-state index in [9.17, 15) is 9.59 Å². The summed E-state index contributed by atoms with van der Waals surface area (Å²) in [6.45, 7) is 2.82. The Morgan fingerprint density at radius 1 is 1.29 bits per heavy atom. The molecule has 0 unspecified atom stereocenters. The number of carbonyl (C=O) groups is 2. The Bertz CT molecular complexity index is 436. The molecule has 1 fully saturated rings. The average Bonchev–Trinajstić information content (AvgIpc) is 2.52. The normalized spacial score (nSPS) is 15.4. The molecule has 1 N–H and O–H groups in total. The maximum atomic E-state index is 11.8. The third-order valence-corrected chi connectivity index (χ3v) is 3.02. The van der Waals surface area contributed by atoms with Gasteiger partial charge in [0.05, 0.1) is 13.7 Å². The van der Waals surface area contributed by atoms with Crippen LogP contribution in [0.5, 0.6) is 0 Å². The SMILES string of the molecule is COCCNC(=O)/C(C#N)=C\N1CCN(C(=O)OC)CC1. The largest absolute Gasteiger partial charge is 0.453 e. The van der Waals surface area contributed by atoms with Gasteiger partial charge in [-0.25, -0.2) is 4.79 Å². The van der Waals surface area contributed by atoms with E-state index in [4.69, 9.17) is 10.00 Å². The number of methoxy groups -OCH3 is 2. The molecule has 0 aromatic heterocycles. The molecule has 0 saturated carbocycles. The van der Waals surface area contributed by atoms with E-state index in [0.717, 1.165) is 0 Å². The highest BCUT2D eigenvalue weighted by Gasteiger charge is 2.21. The van der Waals surface area contributed by atoms with Crippen LogP contribution in [0.15, 0.2) is 11.8 Å². The predicted molar refractivity (Wildman–Crippen MR) is 74.1 cm³/mol. The van der Waals surface area contributed by atoms with Crippen molar-refractivity contribution < 1.29 is 19.1 Å².